The van der Waals surface area contributed by atoms with Crippen LogP contribution in [0.1, 0.15) is 28.2 Å². The summed E-state index contributed by atoms with van der Waals surface area (Å²) in [6.45, 7) is 6.41. The van der Waals surface area contributed by atoms with Gasteiger partial charge >= 0.3 is 0 Å². The monoisotopic (exact) mass is 356 g/mol. The van der Waals surface area contributed by atoms with Gasteiger partial charge in [0.05, 0.1) is 7.11 Å². The number of amides is 1. The van der Waals surface area contributed by atoms with Crippen molar-refractivity contribution in [3.8, 4) is 5.75 Å². The van der Waals surface area contributed by atoms with E-state index in [-0.39, 0.29) is 5.91 Å². The quantitative estimate of drug-likeness (QED) is 0.824. The van der Waals surface area contributed by atoms with Crippen LogP contribution in [-0.2, 0) is 13.5 Å². The largest absolute Gasteiger partial charge is 0.496 e. The highest BCUT2D eigenvalue weighted by molar-refractivity contribution is 5.96. The van der Waals surface area contributed by atoms with E-state index in [1.165, 1.54) is 0 Å². The molecular weight excluding hydrogens is 328 g/mol. The van der Waals surface area contributed by atoms with E-state index in [9.17, 15) is 4.79 Å². The molecule has 26 heavy (non-hydrogen) atoms. The Morgan fingerprint density at radius 1 is 1.23 bits per heavy atom. The Hall–Kier alpha value is -2.34. The predicted octanol–water partition coefficient (Wildman–Crippen LogP) is 2.13. The molecule has 0 atom stereocenters. The number of ether oxygens (including phenoxy) is 1. The van der Waals surface area contributed by atoms with Crippen LogP contribution < -0.4 is 4.74 Å². The van der Waals surface area contributed by atoms with Crippen LogP contribution in [0.25, 0.3) is 0 Å². The number of nitrogens with zero attached hydrogens (tertiary/aromatic N) is 4. The van der Waals surface area contributed by atoms with Crippen molar-refractivity contribution in [3.05, 3.63) is 47.5 Å². The standard InChI is InChI=1S/C20H28N4O2/c1-16-17(6-4-7-18(16)26-3)20(25)24-11-5-10-23(14-15-24)12-8-19-21-9-13-22(19)2/h4,6-7,9,13H,5,8,10-12,14-15H2,1-3H3. The number of rotatable bonds is 5. The van der Waals surface area contributed by atoms with E-state index in [4.69, 9.17) is 4.74 Å². The van der Waals surface area contributed by atoms with Gasteiger partial charge in [-0.1, -0.05) is 6.07 Å². The van der Waals surface area contributed by atoms with Crippen LogP contribution in [0, 0.1) is 6.92 Å². The zero-order valence-electron chi connectivity index (χ0n) is 15.9. The lowest BCUT2D eigenvalue weighted by Crippen LogP contribution is -2.36. The van der Waals surface area contributed by atoms with Gasteiger partial charge < -0.3 is 19.1 Å². The third kappa shape index (κ3) is 4.07. The van der Waals surface area contributed by atoms with E-state index >= 15 is 0 Å². The summed E-state index contributed by atoms with van der Waals surface area (Å²) < 4.78 is 7.42. The molecule has 1 aromatic heterocycles. The fourth-order valence-electron chi connectivity index (χ4n) is 3.53. The number of carbonyl (C=O) groups is 1. The second kappa shape index (κ2) is 8.36. The van der Waals surface area contributed by atoms with Crippen molar-refractivity contribution in [3.63, 3.8) is 0 Å². The maximum atomic E-state index is 13.0. The van der Waals surface area contributed by atoms with Crippen molar-refractivity contribution in [2.75, 3.05) is 39.8 Å². The molecule has 140 valence electrons. The summed E-state index contributed by atoms with van der Waals surface area (Å²) in [5.41, 5.74) is 1.65. The van der Waals surface area contributed by atoms with Crippen molar-refractivity contribution < 1.29 is 9.53 Å². The lowest BCUT2D eigenvalue weighted by Gasteiger charge is -2.23. The van der Waals surface area contributed by atoms with Gasteiger partial charge in [0.2, 0.25) is 0 Å². The summed E-state index contributed by atoms with van der Waals surface area (Å²) in [5.74, 6) is 1.98. The molecular formula is C20H28N4O2. The summed E-state index contributed by atoms with van der Waals surface area (Å²) in [4.78, 5) is 21.8. The Bertz CT molecular complexity index is 756. The molecule has 1 fully saturated rings. The van der Waals surface area contributed by atoms with E-state index in [0.29, 0.717) is 0 Å². The highest BCUT2D eigenvalue weighted by Gasteiger charge is 2.22. The fraction of sp³-hybridized carbons (Fsp3) is 0.500. The van der Waals surface area contributed by atoms with Crippen LogP contribution in [0.2, 0.25) is 0 Å². The third-order valence-electron chi connectivity index (χ3n) is 5.18. The lowest BCUT2D eigenvalue weighted by atomic mass is 10.1. The van der Waals surface area contributed by atoms with Gasteiger partial charge in [0.1, 0.15) is 11.6 Å². The summed E-state index contributed by atoms with van der Waals surface area (Å²) in [6, 6.07) is 5.67. The molecule has 2 aromatic rings. The first kappa shape index (κ1) is 18.5. The van der Waals surface area contributed by atoms with Gasteiger partial charge in [-0.15, -0.1) is 0 Å². The zero-order valence-corrected chi connectivity index (χ0v) is 15.9. The van der Waals surface area contributed by atoms with Crippen LogP contribution in [0.3, 0.4) is 0 Å². The highest BCUT2D eigenvalue weighted by Crippen LogP contribution is 2.22. The topological polar surface area (TPSA) is 50.6 Å². The van der Waals surface area contributed by atoms with E-state index in [0.717, 1.165) is 68.3 Å². The van der Waals surface area contributed by atoms with E-state index in [1.54, 1.807) is 7.11 Å². The molecule has 1 aromatic carbocycles. The summed E-state index contributed by atoms with van der Waals surface area (Å²) >= 11 is 0. The number of aryl methyl sites for hydroxylation is 1. The number of hydrogen-bond donors (Lipinski definition) is 0. The number of methoxy groups -OCH3 is 1. The van der Waals surface area contributed by atoms with E-state index < -0.39 is 0 Å². The number of carbonyl (C=O) groups excluding carboxylic acids is 1. The first-order valence-electron chi connectivity index (χ1n) is 9.21. The smallest absolute Gasteiger partial charge is 0.254 e. The summed E-state index contributed by atoms with van der Waals surface area (Å²) in [7, 11) is 3.67. The number of hydrogen-bond acceptors (Lipinski definition) is 4. The molecule has 1 aliphatic rings. The van der Waals surface area contributed by atoms with Crippen molar-refractivity contribution in [1.82, 2.24) is 19.4 Å². The van der Waals surface area contributed by atoms with E-state index in [2.05, 4.69) is 14.5 Å². The fourth-order valence-corrected chi connectivity index (χ4v) is 3.53. The molecule has 0 bridgehead atoms. The van der Waals surface area contributed by atoms with Gasteiger partial charge in [-0.3, -0.25) is 4.79 Å². The third-order valence-corrected chi connectivity index (χ3v) is 5.18. The minimum atomic E-state index is 0.104. The molecule has 0 radical (unpaired) electrons. The molecule has 3 rings (SSSR count). The van der Waals surface area contributed by atoms with Crippen LogP contribution >= 0.6 is 0 Å². The van der Waals surface area contributed by atoms with E-state index in [1.807, 2.05) is 49.5 Å². The van der Waals surface area contributed by atoms with Gasteiger partial charge in [0.25, 0.3) is 5.91 Å². The van der Waals surface area contributed by atoms with Crippen LogP contribution in [-0.4, -0.2) is 65.1 Å². The molecule has 1 amide bonds. The Morgan fingerprint density at radius 3 is 2.81 bits per heavy atom. The number of aromatic nitrogens is 2. The zero-order chi connectivity index (χ0) is 18.5. The normalized spacial score (nSPS) is 15.7. The molecule has 0 spiro atoms. The average molecular weight is 356 g/mol. The van der Waals surface area contributed by atoms with Crippen LogP contribution in [0.5, 0.6) is 5.75 Å². The average Bonchev–Trinajstić information content (AvgIpc) is 2.91. The molecule has 0 N–H and O–H groups in total. The molecule has 6 nitrogen and oxygen atoms in total. The molecule has 2 heterocycles. The predicted molar refractivity (Wildman–Crippen MR) is 102 cm³/mol. The maximum Gasteiger partial charge on any atom is 0.254 e. The number of benzene rings is 1. The van der Waals surface area contributed by atoms with Gasteiger partial charge in [-0.25, -0.2) is 4.98 Å². The molecule has 0 saturated carbocycles. The Morgan fingerprint density at radius 2 is 2.08 bits per heavy atom. The minimum Gasteiger partial charge on any atom is -0.496 e. The minimum absolute atomic E-state index is 0.104. The van der Waals surface area contributed by atoms with Crippen molar-refractivity contribution in [1.29, 1.82) is 0 Å². The maximum absolute atomic E-state index is 13.0. The first-order chi connectivity index (χ1) is 12.6. The molecule has 0 aliphatic carbocycles. The summed E-state index contributed by atoms with van der Waals surface area (Å²) in [5, 5.41) is 0. The second-order valence-electron chi connectivity index (χ2n) is 6.82. The van der Waals surface area contributed by atoms with Crippen molar-refractivity contribution >= 4 is 5.91 Å². The molecule has 0 unspecified atom stereocenters. The Balaban J connectivity index is 1.60. The van der Waals surface area contributed by atoms with Gasteiger partial charge in [0, 0.05) is 63.2 Å². The first-order valence-corrected chi connectivity index (χ1v) is 9.21. The second-order valence-corrected chi connectivity index (χ2v) is 6.82. The Labute approximate surface area is 155 Å². The summed E-state index contributed by atoms with van der Waals surface area (Å²) in [6.07, 6.45) is 5.75. The van der Waals surface area contributed by atoms with Crippen LogP contribution in [0.15, 0.2) is 30.6 Å². The van der Waals surface area contributed by atoms with Gasteiger partial charge in [0.15, 0.2) is 0 Å². The lowest BCUT2D eigenvalue weighted by molar-refractivity contribution is 0.0760. The molecule has 6 heteroatoms. The molecule has 1 saturated heterocycles. The van der Waals surface area contributed by atoms with Gasteiger partial charge in [-0.2, -0.15) is 0 Å². The van der Waals surface area contributed by atoms with Crippen LogP contribution in [0.4, 0.5) is 0 Å². The molecule has 1 aliphatic heterocycles. The van der Waals surface area contributed by atoms with Crippen molar-refractivity contribution in [2.45, 2.75) is 19.8 Å². The highest BCUT2D eigenvalue weighted by atomic mass is 16.5. The SMILES string of the molecule is COc1cccc(C(=O)N2CCCN(CCc3nccn3C)CC2)c1C. The number of imidazole rings is 1. The van der Waals surface area contributed by atoms with Gasteiger partial charge in [-0.05, 0) is 32.0 Å². The Kier molecular flexibility index (Phi) is 5.93. The van der Waals surface area contributed by atoms with Crippen molar-refractivity contribution in [2.24, 2.45) is 7.05 Å².